The van der Waals surface area contributed by atoms with Gasteiger partial charge in [0.25, 0.3) is 0 Å². The summed E-state index contributed by atoms with van der Waals surface area (Å²) in [7, 11) is 0. The van der Waals surface area contributed by atoms with E-state index < -0.39 is 0 Å². The number of aromatic hydroxyl groups is 1. The molecule has 2 N–H and O–H groups in total. The smallest absolute Gasteiger partial charge is 0.307 e. The number of amides is 1. The van der Waals surface area contributed by atoms with Gasteiger partial charge in [0.15, 0.2) is 0 Å². The molecule has 0 radical (unpaired) electrons. The fourth-order valence-corrected chi connectivity index (χ4v) is 5.59. The van der Waals surface area contributed by atoms with Gasteiger partial charge < -0.3 is 15.2 Å². The molecule has 0 aliphatic heterocycles. The molecule has 242 valence electrons. The summed E-state index contributed by atoms with van der Waals surface area (Å²) in [6, 6.07) is 3.89. The van der Waals surface area contributed by atoms with Gasteiger partial charge in [-0.05, 0) is 47.3 Å². The fraction of sp³-hybridized carbons (Fsp3) is 0.784. The minimum Gasteiger partial charge on any atom is -0.507 e. The zero-order chi connectivity index (χ0) is 31.6. The highest BCUT2D eigenvalue weighted by atomic mass is 16.5. The van der Waals surface area contributed by atoms with Crippen molar-refractivity contribution < 1.29 is 19.4 Å². The Morgan fingerprint density at radius 1 is 0.762 bits per heavy atom. The first-order valence-corrected chi connectivity index (χ1v) is 17.1. The molecule has 0 saturated heterocycles. The minimum absolute atomic E-state index is 0.0401. The molecule has 1 rings (SSSR count). The molecule has 5 nitrogen and oxygen atoms in total. The molecule has 1 unspecified atom stereocenters. The summed E-state index contributed by atoms with van der Waals surface area (Å²) in [6.07, 6.45) is 18.8. The largest absolute Gasteiger partial charge is 0.507 e. The van der Waals surface area contributed by atoms with Crippen molar-refractivity contribution in [2.75, 3.05) is 6.61 Å². The Hall–Kier alpha value is -2.04. The summed E-state index contributed by atoms with van der Waals surface area (Å²) in [6.45, 7) is 17.0. The number of hydrogen-bond acceptors (Lipinski definition) is 4. The Morgan fingerprint density at radius 3 is 1.64 bits per heavy atom. The van der Waals surface area contributed by atoms with Crippen LogP contribution in [0.4, 0.5) is 0 Å². The van der Waals surface area contributed by atoms with Crippen molar-refractivity contribution in [3.63, 3.8) is 0 Å². The van der Waals surface area contributed by atoms with E-state index in [9.17, 15) is 14.7 Å². The Bertz CT molecular complexity index is 874. The van der Waals surface area contributed by atoms with Gasteiger partial charge in [-0.2, -0.15) is 0 Å². The number of carbonyl (C=O) groups excluding carboxylic acids is 2. The van der Waals surface area contributed by atoms with Crippen LogP contribution < -0.4 is 5.32 Å². The van der Waals surface area contributed by atoms with Crippen molar-refractivity contribution in [3.05, 3.63) is 28.8 Å². The number of benzene rings is 1. The lowest BCUT2D eigenvalue weighted by molar-refractivity contribution is -0.143. The minimum atomic E-state index is -0.249. The number of rotatable bonds is 21. The third-order valence-corrected chi connectivity index (χ3v) is 8.17. The Labute approximate surface area is 259 Å². The molecule has 1 atom stereocenters. The molecule has 1 aromatic carbocycles. The molecule has 0 heterocycles. The average molecular weight is 588 g/mol. The van der Waals surface area contributed by atoms with Crippen molar-refractivity contribution >= 4 is 11.9 Å². The van der Waals surface area contributed by atoms with E-state index in [1.54, 1.807) is 0 Å². The summed E-state index contributed by atoms with van der Waals surface area (Å²) in [4.78, 5) is 25.3. The Morgan fingerprint density at radius 2 is 1.21 bits per heavy atom. The van der Waals surface area contributed by atoms with E-state index in [0.29, 0.717) is 25.2 Å². The molecule has 0 aromatic heterocycles. The predicted octanol–water partition coefficient (Wildman–Crippen LogP) is 9.84. The van der Waals surface area contributed by atoms with E-state index in [-0.39, 0.29) is 35.2 Å². The van der Waals surface area contributed by atoms with Crippen molar-refractivity contribution in [1.29, 1.82) is 0 Å². The van der Waals surface area contributed by atoms with E-state index in [1.165, 1.54) is 70.6 Å². The van der Waals surface area contributed by atoms with Crippen LogP contribution in [0.15, 0.2) is 12.1 Å². The molecule has 1 amide bonds. The predicted molar refractivity (Wildman–Crippen MR) is 177 cm³/mol. The number of nitrogens with one attached hydrogen (secondary N) is 1. The fourth-order valence-electron chi connectivity index (χ4n) is 5.59. The van der Waals surface area contributed by atoms with Crippen LogP contribution >= 0.6 is 0 Å². The first-order chi connectivity index (χ1) is 19.8. The number of phenols is 1. The number of hydrogen-bond donors (Lipinski definition) is 2. The van der Waals surface area contributed by atoms with Crippen molar-refractivity contribution in [2.45, 2.75) is 181 Å². The van der Waals surface area contributed by atoms with Gasteiger partial charge in [0.05, 0.1) is 13.0 Å². The van der Waals surface area contributed by atoms with Gasteiger partial charge in [0.2, 0.25) is 5.91 Å². The third kappa shape index (κ3) is 16.0. The normalized spacial score (nSPS) is 12.8. The monoisotopic (exact) mass is 587 g/mol. The molecular weight excluding hydrogens is 522 g/mol. The number of esters is 1. The lowest BCUT2D eigenvalue weighted by atomic mass is 9.78. The van der Waals surface area contributed by atoms with E-state index >= 15 is 0 Å². The van der Waals surface area contributed by atoms with E-state index in [0.717, 1.165) is 36.0 Å². The van der Waals surface area contributed by atoms with Gasteiger partial charge in [0.1, 0.15) is 5.75 Å². The Kier molecular flexibility index (Phi) is 18.1. The van der Waals surface area contributed by atoms with Gasteiger partial charge in [-0.3, -0.25) is 9.59 Å². The number of aryl methyl sites for hydroxylation is 1. The van der Waals surface area contributed by atoms with Crippen molar-refractivity contribution in [2.24, 2.45) is 0 Å². The van der Waals surface area contributed by atoms with Crippen LogP contribution in [0.2, 0.25) is 0 Å². The summed E-state index contributed by atoms with van der Waals surface area (Å²) in [5.74, 6) is 0.0675. The molecule has 0 aliphatic carbocycles. The van der Waals surface area contributed by atoms with E-state index in [2.05, 4.69) is 53.8 Å². The zero-order valence-electron chi connectivity index (χ0n) is 28.6. The second kappa shape index (κ2) is 20.0. The maximum absolute atomic E-state index is 13.0. The van der Waals surface area contributed by atoms with Gasteiger partial charge in [-0.1, -0.05) is 144 Å². The number of ether oxygens (including phenoxy) is 1. The van der Waals surface area contributed by atoms with Crippen LogP contribution in [-0.4, -0.2) is 29.6 Å². The zero-order valence-corrected chi connectivity index (χ0v) is 28.6. The molecule has 0 saturated carbocycles. The molecule has 0 fully saturated rings. The van der Waals surface area contributed by atoms with Crippen molar-refractivity contribution in [1.82, 2.24) is 5.32 Å². The van der Waals surface area contributed by atoms with Crippen LogP contribution in [0.5, 0.6) is 5.75 Å². The topological polar surface area (TPSA) is 75.6 Å². The quantitative estimate of drug-likeness (QED) is 0.111. The molecule has 0 spiro atoms. The number of unbranched alkanes of at least 4 members (excludes halogenated alkanes) is 12. The summed E-state index contributed by atoms with van der Waals surface area (Å²) in [5, 5.41) is 14.1. The van der Waals surface area contributed by atoms with Crippen LogP contribution in [0.1, 0.15) is 175 Å². The summed E-state index contributed by atoms with van der Waals surface area (Å²) in [5.41, 5.74) is 2.46. The van der Waals surface area contributed by atoms with E-state index in [4.69, 9.17) is 4.74 Å². The first-order valence-electron chi connectivity index (χ1n) is 17.1. The number of phenolic OH excluding ortho intramolecular Hbond substituents is 1. The maximum atomic E-state index is 13.0. The lowest BCUT2D eigenvalue weighted by Gasteiger charge is -2.28. The molecular formula is C37H65NO4. The second-order valence-electron chi connectivity index (χ2n) is 14.3. The van der Waals surface area contributed by atoms with Gasteiger partial charge >= 0.3 is 5.97 Å². The second-order valence-corrected chi connectivity index (χ2v) is 14.3. The van der Waals surface area contributed by atoms with Crippen LogP contribution in [0.3, 0.4) is 0 Å². The number of carbonyl (C=O) groups is 2. The van der Waals surface area contributed by atoms with Crippen molar-refractivity contribution in [3.8, 4) is 5.75 Å². The SMILES string of the molecule is CCCCCCCCCCCCCCCC(CC(=O)OCC)NC(=O)CCc1cc(C(C)(C)C)c(O)c(C(C)(C)C)c1. The molecule has 0 aliphatic rings. The standard InChI is InChI=1S/C37H65NO4/c1-9-11-12-13-14-15-16-17-18-19-20-21-22-23-30(28-34(40)42-10-2)38-33(39)25-24-29-26-31(36(3,4)5)35(41)32(27-29)37(6,7)8/h26-27,30,41H,9-25,28H2,1-8H3,(H,38,39). The van der Waals surface area contributed by atoms with Gasteiger partial charge in [0, 0.05) is 12.5 Å². The van der Waals surface area contributed by atoms with Crippen LogP contribution in [-0.2, 0) is 31.6 Å². The van der Waals surface area contributed by atoms with E-state index in [1.807, 2.05) is 19.1 Å². The van der Waals surface area contributed by atoms with Crippen LogP contribution in [0.25, 0.3) is 0 Å². The average Bonchev–Trinajstić information content (AvgIpc) is 2.89. The first kappa shape index (κ1) is 38.0. The maximum Gasteiger partial charge on any atom is 0.307 e. The van der Waals surface area contributed by atoms with Gasteiger partial charge in [-0.25, -0.2) is 0 Å². The Balaban J connectivity index is 2.57. The molecule has 42 heavy (non-hydrogen) atoms. The third-order valence-electron chi connectivity index (χ3n) is 8.17. The summed E-state index contributed by atoms with van der Waals surface area (Å²) >= 11 is 0. The molecule has 0 bridgehead atoms. The summed E-state index contributed by atoms with van der Waals surface area (Å²) < 4.78 is 5.19. The highest BCUT2D eigenvalue weighted by Gasteiger charge is 2.26. The molecule has 1 aromatic rings. The lowest BCUT2D eigenvalue weighted by Crippen LogP contribution is -2.37. The van der Waals surface area contributed by atoms with Gasteiger partial charge in [-0.15, -0.1) is 0 Å². The molecule has 5 heteroatoms. The highest BCUT2D eigenvalue weighted by Crippen LogP contribution is 2.40. The highest BCUT2D eigenvalue weighted by molar-refractivity contribution is 5.78. The van der Waals surface area contributed by atoms with Crippen LogP contribution in [0, 0.1) is 0 Å².